The molecule has 3 nitrogen and oxygen atoms in total. The van der Waals surface area contributed by atoms with Crippen molar-refractivity contribution >= 4 is 5.91 Å². The first-order valence-electron chi connectivity index (χ1n) is 6.26. The Morgan fingerprint density at radius 1 is 1.47 bits per heavy atom. The summed E-state index contributed by atoms with van der Waals surface area (Å²) >= 11 is 0. The molecule has 0 saturated heterocycles. The van der Waals surface area contributed by atoms with Crippen LogP contribution < -0.4 is 11.1 Å². The van der Waals surface area contributed by atoms with Gasteiger partial charge in [0.15, 0.2) is 0 Å². The number of nitrogens with one attached hydrogen (secondary N) is 1. The molecule has 3 unspecified atom stereocenters. The summed E-state index contributed by atoms with van der Waals surface area (Å²) in [6.07, 6.45) is 2.34. The molecule has 1 amide bonds. The summed E-state index contributed by atoms with van der Waals surface area (Å²) in [5.74, 6) is 0.785. The lowest BCUT2D eigenvalue weighted by Crippen LogP contribution is -2.27. The first-order valence-corrected chi connectivity index (χ1v) is 6.26. The molecule has 0 radical (unpaired) electrons. The highest BCUT2D eigenvalue weighted by molar-refractivity contribution is 5.76. The molecule has 0 aromatic heterocycles. The number of nitrogens with two attached hydrogens (primary N) is 1. The zero-order valence-corrected chi connectivity index (χ0v) is 10.2. The van der Waals surface area contributed by atoms with Gasteiger partial charge in [-0.2, -0.15) is 0 Å². The van der Waals surface area contributed by atoms with Crippen molar-refractivity contribution < 1.29 is 4.79 Å². The topological polar surface area (TPSA) is 55.1 Å². The van der Waals surface area contributed by atoms with E-state index in [2.05, 4.69) is 12.2 Å². The largest absolute Gasteiger partial charge is 0.353 e. The highest BCUT2D eigenvalue weighted by atomic mass is 16.1. The third-order valence-corrected chi connectivity index (χ3v) is 3.37. The lowest BCUT2D eigenvalue weighted by Gasteiger charge is -2.11. The maximum absolute atomic E-state index is 11.6. The first kappa shape index (κ1) is 12.1. The fraction of sp³-hybridized carbons (Fsp3) is 0.500. The van der Waals surface area contributed by atoms with Gasteiger partial charge < -0.3 is 11.1 Å². The molecule has 0 bridgehead atoms. The van der Waals surface area contributed by atoms with Gasteiger partial charge in [-0.25, -0.2) is 0 Å². The lowest BCUT2D eigenvalue weighted by molar-refractivity contribution is -0.121. The van der Waals surface area contributed by atoms with E-state index in [-0.39, 0.29) is 11.9 Å². The standard InChI is InChI=1S/C14H20N2O/c1-10-9-13(10)16-14(17)8-7-12(15)11-5-3-2-4-6-11/h2-6,10,12-13H,7-9,15H2,1H3,(H,16,17). The zero-order valence-electron chi connectivity index (χ0n) is 10.2. The second-order valence-corrected chi connectivity index (χ2v) is 4.94. The fourth-order valence-corrected chi connectivity index (χ4v) is 1.96. The Kier molecular flexibility index (Phi) is 3.79. The molecule has 3 atom stereocenters. The van der Waals surface area contributed by atoms with Crippen LogP contribution in [0.4, 0.5) is 0 Å². The number of rotatable bonds is 5. The Morgan fingerprint density at radius 3 is 2.71 bits per heavy atom. The number of benzene rings is 1. The van der Waals surface area contributed by atoms with Crippen LogP contribution >= 0.6 is 0 Å². The predicted octanol–water partition coefficient (Wildman–Crippen LogP) is 1.99. The van der Waals surface area contributed by atoms with Gasteiger partial charge in [0.2, 0.25) is 5.91 Å². The molecule has 1 aliphatic rings. The Morgan fingerprint density at radius 2 is 2.12 bits per heavy atom. The summed E-state index contributed by atoms with van der Waals surface area (Å²) in [5, 5.41) is 3.02. The average Bonchev–Trinajstić information content (AvgIpc) is 3.03. The number of hydrogen-bond acceptors (Lipinski definition) is 2. The predicted molar refractivity (Wildman–Crippen MR) is 68.3 cm³/mol. The molecular weight excluding hydrogens is 212 g/mol. The minimum Gasteiger partial charge on any atom is -0.353 e. The number of amides is 1. The van der Waals surface area contributed by atoms with E-state index in [9.17, 15) is 4.79 Å². The Balaban J connectivity index is 1.72. The highest BCUT2D eigenvalue weighted by Crippen LogP contribution is 2.29. The molecule has 1 aromatic rings. The van der Waals surface area contributed by atoms with Crippen LogP contribution in [-0.2, 0) is 4.79 Å². The third kappa shape index (κ3) is 3.56. The summed E-state index contributed by atoms with van der Waals surface area (Å²) in [5.41, 5.74) is 7.13. The summed E-state index contributed by atoms with van der Waals surface area (Å²) in [4.78, 5) is 11.6. The monoisotopic (exact) mass is 232 g/mol. The molecule has 3 N–H and O–H groups in total. The van der Waals surface area contributed by atoms with Crippen molar-refractivity contribution in [2.75, 3.05) is 0 Å². The van der Waals surface area contributed by atoms with Crippen LogP contribution in [0.3, 0.4) is 0 Å². The molecule has 1 fully saturated rings. The second kappa shape index (κ2) is 5.32. The molecule has 3 heteroatoms. The molecule has 92 valence electrons. The van der Waals surface area contributed by atoms with Gasteiger partial charge in [-0.1, -0.05) is 37.3 Å². The quantitative estimate of drug-likeness (QED) is 0.815. The molecule has 1 saturated carbocycles. The number of hydrogen-bond donors (Lipinski definition) is 2. The molecule has 17 heavy (non-hydrogen) atoms. The van der Waals surface area contributed by atoms with Crippen LogP contribution in [0.15, 0.2) is 30.3 Å². The van der Waals surface area contributed by atoms with Crippen molar-refractivity contribution in [3.63, 3.8) is 0 Å². The maximum atomic E-state index is 11.6. The summed E-state index contributed by atoms with van der Waals surface area (Å²) < 4.78 is 0. The minimum absolute atomic E-state index is 0.0430. The fourth-order valence-electron chi connectivity index (χ4n) is 1.96. The van der Waals surface area contributed by atoms with Crippen LogP contribution in [0.2, 0.25) is 0 Å². The normalized spacial score (nSPS) is 24.1. The van der Waals surface area contributed by atoms with E-state index < -0.39 is 0 Å². The molecule has 0 heterocycles. The van der Waals surface area contributed by atoms with Gasteiger partial charge in [0, 0.05) is 18.5 Å². The second-order valence-electron chi connectivity index (χ2n) is 4.94. The van der Waals surface area contributed by atoms with E-state index in [1.807, 2.05) is 30.3 Å². The molecule has 0 aliphatic heterocycles. The van der Waals surface area contributed by atoms with Gasteiger partial charge in [0.25, 0.3) is 0 Å². The summed E-state index contributed by atoms with van der Waals surface area (Å²) in [6.45, 7) is 2.15. The Bertz CT molecular complexity index is 377. The first-order chi connectivity index (χ1) is 8.16. The van der Waals surface area contributed by atoms with Crippen LogP contribution in [0.1, 0.15) is 37.8 Å². The van der Waals surface area contributed by atoms with Gasteiger partial charge in [0.1, 0.15) is 0 Å². The van der Waals surface area contributed by atoms with Crippen molar-refractivity contribution in [2.45, 2.75) is 38.3 Å². The van der Waals surface area contributed by atoms with Crippen molar-refractivity contribution in [1.82, 2.24) is 5.32 Å². The maximum Gasteiger partial charge on any atom is 0.220 e. The van der Waals surface area contributed by atoms with E-state index in [1.165, 1.54) is 0 Å². The molecule has 1 aliphatic carbocycles. The van der Waals surface area contributed by atoms with Crippen molar-refractivity contribution in [3.05, 3.63) is 35.9 Å². The molecule has 1 aromatic carbocycles. The number of carbonyl (C=O) groups is 1. The van der Waals surface area contributed by atoms with Crippen LogP contribution in [0, 0.1) is 5.92 Å². The Labute approximate surface area is 102 Å². The van der Waals surface area contributed by atoms with Crippen LogP contribution in [0.25, 0.3) is 0 Å². The average molecular weight is 232 g/mol. The van der Waals surface area contributed by atoms with E-state index in [0.29, 0.717) is 24.8 Å². The van der Waals surface area contributed by atoms with Gasteiger partial charge in [-0.3, -0.25) is 4.79 Å². The lowest BCUT2D eigenvalue weighted by atomic mass is 10.0. The van der Waals surface area contributed by atoms with Crippen molar-refractivity contribution in [1.29, 1.82) is 0 Å². The van der Waals surface area contributed by atoms with E-state index >= 15 is 0 Å². The summed E-state index contributed by atoms with van der Waals surface area (Å²) in [7, 11) is 0. The van der Waals surface area contributed by atoms with E-state index in [0.717, 1.165) is 12.0 Å². The van der Waals surface area contributed by atoms with E-state index in [4.69, 9.17) is 5.73 Å². The van der Waals surface area contributed by atoms with Crippen LogP contribution in [0.5, 0.6) is 0 Å². The van der Waals surface area contributed by atoms with Gasteiger partial charge in [-0.05, 0) is 24.3 Å². The van der Waals surface area contributed by atoms with E-state index in [1.54, 1.807) is 0 Å². The minimum atomic E-state index is -0.0430. The Hall–Kier alpha value is -1.35. The van der Waals surface area contributed by atoms with Crippen molar-refractivity contribution in [3.8, 4) is 0 Å². The summed E-state index contributed by atoms with van der Waals surface area (Å²) in [6, 6.07) is 10.3. The molecule has 2 rings (SSSR count). The number of carbonyl (C=O) groups excluding carboxylic acids is 1. The molecule has 0 spiro atoms. The molecular formula is C14H20N2O. The van der Waals surface area contributed by atoms with Gasteiger partial charge in [0.05, 0.1) is 0 Å². The van der Waals surface area contributed by atoms with Gasteiger partial charge >= 0.3 is 0 Å². The smallest absolute Gasteiger partial charge is 0.220 e. The van der Waals surface area contributed by atoms with Crippen molar-refractivity contribution in [2.24, 2.45) is 11.7 Å². The third-order valence-electron chi connectivity index (χ3n) is 3.37. The SMILES string of the molecule is CC1CC1NC(=O)CCC(N)c1ccccc1. The highest BCUT2D eigenvalue weighted by Gasteiger charge is 2.33. The van der Waals surface area contributed by atoms with Gasteiger partial charge in [-0.15, -0.1) is 0 Å². The zero-order chi connectivity index (χ0) is 12.3. The van der Waals surface area contributed by atoms with Crippen LogP contribution in [-0.4, -0.2) is 11.9 Å².